The normalized spacial score (nSPS) is 13.0. The maximum atomic E-state index is 12.8. The highest BCUT2D eigenvalue weighted by molar-refractivity contribution is 5.80. The zero-order valence-electron chi connectivity index (χ0n) is 22.0. The summed E-state index contributed by atoms with van der Waals surface area (Å²) in [5, 5.41) is 2.65. The van der Waals surface area contributed by atoms with Crippen LogP contribution in [0.1, 0.15) is 65.5 Å². The van der Waals surface area contributed by atoms with Gasteiger partial charge in [0.25, 0.3) is 0 Å². The van der Waals surface area contributed by atoms with Crippen LogP contribution in [0.3, 0.4) is 0 Å². The zero-order chi connectivity index (χ0) is 26.1. The third-order valence-electron chi connectivity index (χ3n) is 5.10. The predicted octanol–water partition coefficient (Wildman–Crippen LogP) is 5.66. The van der Waals surface area contributed by atoms with Crippen molar-refractivity contribution in [3.05, 3.63) is 59.7 Å². The first-order chi connectivity index (χ1) is 16.4. The van der Waals surface area contributed by atoms with Gasteiger partial charge in [-0.25, -0.2) is 9.59 Å². The van der Waals surface area contributed by atoms with Gasteiger partial charge in [-0.3, -0.25) is 0 Å². The molecule has 0 saturated heterocycles. The van der Waals surface area contributed by atoms with E-state index in [2.05, 4.69) is 19.2 Å². The molecule has 1 unspecified atom stereocenters. The van der Waals surface area contributed by atoms with Crippen molar-refractivity contribution in [2.45, 2.75) is 72.0 Å². The summed E-state index contributed by atoms with van der Waals surface area (Å²) < 4.78 is 22.4. The van der Waals surface area contributed by atoms with Crippen molar-refractivity contribution in [1.29, 1.82) is 0 Å². The highest BCUT2D eigenvalue weighted by atomic mass is 16.6. The van der Waals surface area contributed by atoms with Gasteiger partial charge >= 0.3 is 12.1 Å². The van der Waals surface area contributed by atoms with E-state index in [1.807, 2.05) is 69.3 Å². The van der Waals surface area contributed by atoms with Gasteiger partial charge in [0, 0.05) is 6.42 Å². The molecule has 0 aliphatic carbocycles. The van der Waals surface area contributed by atoms with Crippen LogP contribution in [0, 0.1) is 0 Å². The van der Waals surface area contributed by atoms with Crippen molar-refractivity contribution in [3.63, 3.8) is 0 Å². The average Bonchev–Trinajstić information content (AvgIpc) is 2.77. The second kappa shape index (κ2) is 12.5. The number of carbonyl (C=O) groups is 2. The minimum absolute atomic E-state index is 0.272. The largest absolute Gasteiger partial charge is 0.492 e. The van der Waals surface area contributed by atoms with E-state index in [-0.39, 0.29) is 6.61 Å². The van der Waals surface area contributed by atoms with Crippen LogP contribution in [0.2, 0.25) is 0 Å². The van der Waals surface area contributed by atoms with E-state index in [4.69, 9.17) is 18.9 Å². The van der Waals surface area contributed by atoms with Crippen LogP contribution in [-0.4, -0.2) is 43.0 Å². The second-order valence-electron chi connectivity index (χ2n) is 9.87. The molecule has 2 rings (SSSR count). The fourth-order valence-electron chi connectivity index (χ4n) is 3.34. The first-order valence-electron chi connectivity index (χ1n) is 12.1. The highest BCUT2D eigenvalue weighted by Gasteiger charge is 2.37. The molecule has 0 aliphatic rings. The molecule has 192 valence electrons. The minimum Gasteiger partial charge on any atom is -0.492 e. The molecule has 0 radical (unpaired) electrons. The fraction of sp³-hybridized carbons (Fsp3) is 0.500. The molecule has 2 aromatic carbocycles. The Morgan fingerprint density at radius 1 is 0.914 bits per heavy atom. The van der Waals surface area contributed by atoms with Crippen LogP contribution >= 0.6 is 0 Å². The lowest BCUT2D eigenvalue weighted by Crippen LogP contribution is -2.45. The molecular formula is C28H39NO6. The third-order valence-corrected chi connectivity index (χ3v) is 5.10. The van der Waals surface area contributed by atoms with Gasteiger partial charge in [-0.15, -0.1) is 0 Å². The Labute approximate surface area is 209 Å². The fourth-order valence-corrected chi connectivity index (χ4v) is 3.34. The number of alkyl carbamates (subject to hydrolysis) is 1. The summed E-state index contributed by atoms with van der Waals surface area (Å²) >= 11 is 0. The van der Waals surface area contributed by atoms with Crippen molar-refractivity contribution in [2.24, 2.45) is 0 Å². The molecule has 0 fully saturated rings. The minimum atomic E-state index is -1.19. The zero-order valence-corrected chi connectivity index (χ0v) is 22.0. The Morgan fingerprint density at radius 2 is 1.51 bits per heavy atom. The van der Waals surface area contributed by atoms with Crippen molar-refractivity contribution in [1.82, 2.24) is 5.32 Å². The molecule has 1 N–H and O–H groups in total. The standard InChI is InChI=1S/C28H39NO6/c1-8-32-25(30)28(7,34-24-15-11-22(12-16-24)20(2)3)19-21-9-13-23(14-10-21)33-18-17-29-26(31)35-27(4,5)6/h9-16,20H,8,17-19H2,1-7H3,(H,29,31). The average molecular weight is 486 g/mol. The second-order valence-corrected chi connectivity index (χ2v) is 9.87. The van der Waals surface area contributed by atoms with Crippen molar-refractivity contribution in [2.75, 3.05) is 19.8 Å². The van der Waals surface area contributed by atoms with Crippen LogP contribution in [0.5, 0.6) is 11.5 Å². The monoisotopic (exact) mass is 485 g/mol. The molecule has 0 aliphatic heterocycles. The van der Waals surface area contributed by atoms with Gasteiger partial charge in [-0.05, 0) is 75.9 Å². The molecule has 7 nitrogen and oxygen atoms in total. The van der Waals surface area contributed by atoms with E-state index in [1.165, 1.54) is 5.56 Å². The highest BCUT2D eigenvalue weighted by Crippen LogP contribution is 2.27. The smallest absolute Gasteiger partial charge is 0.407 e. The van der Waals surface area contributed by atoms with Gasteiger partial charge in [0.05, 0.1) is 13.2 Å². The summed E-state index contributed by atoms with van der Waals surface area (Å²) in [4.78, 5) is 24.5. The summed E-state index contributed by atoms with van der Waals surface area (Å²) in [6, 6.07) is 15.2. The first-order valence-corrected chi connectivity index (χ1v) is 12.1. The Balaban J connectivity index is 1.98. The van der Waals surface area contributed by atoms with Crippen LogP contribution in [0.4, 0.5) is 4.79 Å². The molecule has 1 atom stereocenters. The number of hydrogen-bond acceptors (Lipinski definition) is 6. The lowest BCUT2D eigenvalue weighted by molar-refractivity contribution is -0.160. The van der Waals surface area contributed by atoms with E-state index >= 15 is 0 Å². The summed E-state index contributed by atoms with van der Waals surface area (Å²) in [5.41, 5.74) is 0.375. The Bertz CT molecular complexity index is 947. The lowest BCUT2D eigenvalue weighted by atomic mass is 9.96. The number of benzene rings is 2. The van der Waals surface area contributed by atoms with E-state index in [0.29, 0.717) is 37.0 Å². The SMILES string of the molecule is CCOC(=O)C(C)(Cc1ccc(OCCNC(=O)OC(C)(C)C)cc1)Oc1ccc(C(C)C)cc1. The molecule has 7 heteroatoms. The number of esters is 1. The van der Waals surface area contributed by atoms with Gasteiger partial charge in [0.15, 0.2) is 0 Å². The van der Waals surface area contributed by atoms with Crippen LogP contribution in [0.15, 0.2) is 48.5 Å². The summed E-state index contributed by atoms with van der Waals surface area (Å²) in [5.74, 6) is 1.26. The molecule has 0 aromatic heterocycles. The van der Waals surface area contributed by atoms with Gasteiger partial charge in [-0.2, -0.15) is 0 Å². The molecule has 0 heterocycles. The van der Waals surface area contributed by atoms with Crippen molar-refractivity contribution >= 4 is 12.1 Å². The molecule has 0 saturated carbocycles. The Morgan fingerprint density at radius 3 is 2.06 bits per heavy atom. The topological polar surface area (TPSA) is 83.1 Å². The van der Waals surface area contributed by atoms with Crippen LogP contribution < -0.4 is 14.8 Å². The molecule has 0 spiro atoms. The first kappa shape index (κ1) is 28.0. The number of ether oxygens (including phenoxy) is 4. The number of amides is 1. The van der Waals surface area contributed by atoms with Crippen LogP contribution in [0.25, 0.3) is 0 Å². The number of carbonyl (C=O) groups excluding carboxylic acids is 2. The quantitative estimate of drug-likeness (QED) is 0.327. The predicted molar refractivity (Wildman–Crippen MR) is 136 cm³/mol. The van der Waals surface area contributed by atoms with Crippen LogP contribution in [-0.2, 0) is 20.7 Å². The molecule has 2 aromatic rings. The molecule has 35 heavy (non-hydrogen) atoms. The molecule has 0 bridgehead atoms. The van der Waals surface area contributed by atoms with Gasteiger partial charge < -0.3 is 24.3 Å². The summed E-state index contributed by atoms with van der Waals surface area (Å²) in [6.45, 7) is 14.1. The maximum Gasteiger partial charge on any atom is 0.407 e. The lowest BCUT2D eigenvalue weighted by Gasteiger charge is -2.29. The van der Waals surface area contributed by atoms with E-state index in [1.54, 1.807) is 13.8 Å². The van der Waals surface area contributed by atoms with Gasteiger partial charge in [0.2, 0.25) is 5.60 Å². The number of nitrogens with one attached hydrogen (secondary N) is 1. The molecule has 1 amide bonds. The Hall–Kier alpha value is -3.22. The van der Waals surface area contributed by atoms with E-state index in [9.17, 15) is 9.59 Å². The Kier molecular flexibility index (Phi) is 9.99. The third kappa shape index (κ3) is 9.51. The van der Waals surface area contributed by atoms with E-state index < -0.39 is 23.3 Å². The van der Waals surface area contributed by atoms with Crippen molar-refractivity contribution in [3.8, 4) is 11.5 Å². The summed E-state index contributed by atoms with van der Waals surface area (Å²) in [7, 11) is 0. The van der Waals surface area contributed by atoms with E-state index in [0.717, 1.165) is 5.56 Å². The van der Waals surface area contributed by atoms with Gasteiger partial charge in [-0.1, -0.05) is 38.1 Å². The van der Waals surface area contributed by atoms with Gasteiger partial charge in [0.1, 0.15) is 23.7 Å². The number of hydrogen-bond donors (Lipinski definition) is 1. The number of rotatable bonds is 11. The summed E-state index contributed by atoms with van der Waals surface area (Å²) in [6.07, 6.45) is -0.147. The maximum absolute atomic E-state index is 12.8. The van der Waals surface area contributed by atoms with Crippen molar-refractivity contribution < 1.29 is 28.5 Å². The molecular weight excluding hydrogens is 446 g/mol.